The van der Waals surface area contributed by atoms with Crippen LogP contribution in [0.5, 0.6) is 0 Å². The van der Waals surface area contributed by atoms with Crippen LogP contribution in [0.2, 0.25) is 0 Å². The van der Waals surface area contributed by atoms with E-state index in [1.807, 2.05) is 0 Å². The first kappa shape index (κ1) is 9.21. The average molecular weight is 195 g/mol. The third-order valence-electron chi connectivity index (χ3n) is 2.37. The standard InChI is InChI=1S/C9H13N3O2/c13-5-4-12-6-11-8-7(9(12)14)2-1-3-10-8/h6,10,13H,1-5H2. The van der Waals surface area contributed by atoms with E-state index in [1.54, 1.807) is 0 Å². The molecule has 0 aliphatic carbocycles. The van der Waals surface area contributed by atoms with E-state index in [1.165, 1.54) is 10.9 Å². The monoisotopic (exact) mass is 195 g/mol. The lowest BCUT2D eigenvalue weighted by Crippen LogP contribution is -2.29. The molecule has 0 radical (unpaired) electrons. The fourth-order valence-corrected chi connectivity index (χ4v) is 1.65. The van der Waals surface area contributed by atoms with Gasteiger partial charge < -0.3 is 10.4 Å². The summed E-state index contributed by atoms with van der Waals surface area (Å²) in [6.45, 7) is 1.16. The molecule has 0 amide bonds. The SMILES string of the molecule is O=c1c2c(ncn1CCO)NCCC2. The van der Waals surface area contributed by atoms with Crippen LogP contribution in [0.3, 0.4) is 0 Å². The number of hydrogen-bond acceptors (Lipinski definition) is 4. The van der Waals surface area contributed by atoms with Crippen molar-refractivity contribution in [1.29, 1.82) is 0 Å². The van der Waals surface area contributed by atoms with Gasteiger partial charge >= 0.3 is 0 Å². The number of fused-ring (bicyclic) bond motifs is 1. The van der Waals surface area contributed by atoms with Crippen LogP contribution in [0, 0.1) is 0 Å². The number of rotatable bonds is 2. The highest BCUT2D eigenvalue weighted by Crippen LogP contribution is 2.13. The van der Waals surface area contributed by atoms with Gasteiger partial charge in [-0.15, -0.1) is 0 Å². The van der Waals surface area contributed by atoms with Crippen molar-refractivity contribution in [3.05, 3.63) is 22.2 Å². The number of anilines is 1. The average Bonchev–Trinajstić information content (AvgIpc) is 2.23. The van der Waals surface area contributed by atoms with Gasteiger partial charge in [-0.3, -0.25) is 9.36 Å². The molecule has 1 aromatic heterocycles. The summed E-state index contributed by atoms with van der Waals surface area (Å²) >= 11 is 0. The van der Waals surface area contributed by atoms with Gasteiger partial charge in [0.05, 0.1) is 25.0 Å². The maximum atomic E-state index is 11.8. The summed E-state index contributed by atoms with van der Waals surface area (Å²) in [6.07, 6.45) is 3.23. The summed E-state index contributed by atoms with van der Waals surface area (Å²) in [5, 5.41) is 11.8. The van der Waals surface area contributed by atoms with Crippen molar-refractivity contribution in [1.82, 2.24) is 9.55 Å². The largest absolute Gasteiger partial charge is 0.395 e. The van der Waals surface area contributed by atoms with Crippen molar-refractivity contribution in [3.8, 4) is 0 Å². The number of nitrogens with one attached hydrogen (secondary N) is 1. The van der Waals surface area contributed by atoms with E-state index in [0.717, 1.165) is 24.9 Å². The molecule has 1 aliphatic rings. The van der Waals surface area contributed by atoms with Gasteiger partial charge in [0.1, 0.15) is 5.82 Å². The Morgan fingerprint density at radius 2 is 2.50 bits per heavy atom. The molecular formula is C9H13N3O2. The number of aliphatic hydroxyl groups excluding tert-OH is 1. The Bertz CT molecular complexity index is 386. The van der Waals surface area contributed by atoms with Crippen molar-refractivity contribution >= 4 is 5.82 Å². The molecule has 2 rings (SSSR count). The summed E-state index contributed by atoms with van der Waals surface area (Å²) in [5.74, 6) is 0.704. The lowest BCUT2D eigenvalue weighted by atomic mass is 10.1. The van der Waals surface area contributed by atoms with Crippen LogP contribution in [0.4, 0.5) is 5.82 Å². The summed E-state index contributed by atoms with van der Waals surface area (Å²) < 4.78 is 1.45. The quantitative estimate of drug-likeness (QED) is 0.673. The molecule has 0 aromatic carbocycles. The minimum absolute atomic E-state index is 0.0312. The molecular weight excluding hydrogens is 182 g/mol. The number of aromatic nitrogens is 2. The molecule has 5 nitrogen and oxygen atoms in total. The lowest BCUT2D eigenvalue weighted by Gasteiger charge is -2.16. The molecule has 76 valence electrons. The molecule has 5 heteroatoms. The first-order chi connectivity index (χ1) is 6.83. The third kappa shape index (κ3) is 1.50. The first-order valence-corrected chi connectivity index (χ1v) is 4.76. The Labute approximate surface area is 81.4 Å². The second kappa shape index (κ2) is 3.79. The molecule has 2 N–H and O–H groups in total. The highest BCUT2D eigenvalue weighted by molar-refractivity contribution is 5.44. The Kier molecular flexibility index (Phi) is 2.49. The van der Waals surface area contributed by atoms with Crippen molar-refractivity contribution in [2.24, 2.45) is 0 Å². The zero-order valence-corrected chi connectivity index (χ0v) is 7.86. The number of hydrogen-bond donors (Lipinski definition) is 2. The van der Waals surface area contributed by atoms with E-state index < -0.39 is 0 Å². The molecule has 0 atom stereocenters. The third-order valence-corrected chi connectivity index (χ3v) is 2.37. The van der Waals surface area contributed by atoms with Crippen LogP contribution in [0.15, 0.2) is 11.1 Å². The van der Waals surface area contributed by atoms with E-state index >= 15 is 0 Å². The van der Waals surface area contributed by atoms with Crippen LogP contribution in [0.25, 0.3) is 0 Å². The molecule has 1 aliphatic heterocycles. The topological polar surface area (TPSA) is 67.2 Å². The van der Waals surface area contributed by atoms with E-state index in [4.69, 9.17) is 5.11 Å². The molecule has 0 unspecified atom stereocenters. The van der Waals surface area contributed by atoms with Crippen LogP contribution in [-0.4, -0.2) is 27.8 Å². The summed E-state index contributed by atoms with van der Waals surface area (Å²) in [5.41, 5.74) is 0.712. The molecule has 0 fully saturated rings. The Balaban J connectivity index is 2.44. The van der Waals surface area contributed by atoms with Crippen molar-refractivity contribution in [2.45, 2.75) is 19.4 Å². The predicted octanol–water partition coefficient (Wildman–Crippen LogP) is -0.406. The Hall–Kier alpha value is -1.36. The fraction of sp³-hybridized carbons (Fsp3) is 0.556. The highest BCUT2D eigenvalue weighted by atomic mass is 16.3. The van der Waals surface area contributed by atoms with Crippen LogP contribution in [0.1, 0.15) is 12.0 Å². The molecule has 0 saturated heterocycles. The second-order valence-corrected chi connectivity index (χ2v) is 3.32. The first-order valence-electron chi connectivity index (χ1n) is 4.76. The van der Waals surface area contributed by atoms with Crippen LogP contribution < -0.4 is 10.9 Å². The smallest absolute Gasteiger partial charge is 0.258 e. The van der Waals surface area contributed by atoms with Gasteiger partial charge in [0.15, 0.2) is 0 Å². The van der Waals surface area contributed by atoms with E-state index in [0.29, 0.717) is 12.4 Å². The predicted molar refractivity (Wildman–Crippen MR) is 52.4 cm³/mol. The maximum Gasteiger partial charge on any atom is 0.258 e. The van der Waals surface area contributed by atoms with Crippen LogP contribution >= 0.6 is 0 Å². The van der Waals surface area contributed by atoms with E-state index in [-0.39, 0.29) is 12.2 Å². The summed E-state index contributed by atoms with van der Waals surface area (Å²) in [4.78, 5) is 15.9. The van der Waals surface area contributed by atoms with Gasteiger partial charge in [-0.1, -0.05) is 0 Å². The summed E-state index contributed by atoms with van der Waals surface area (Å²) in [6, 6.07) is 0. The minimum atomic E-state index is -0.0339. The van der Waals surface area contributed by atoms with Gasteiger partial charge in [0.25, 0.3) is 5.56 Å². The molecule has 0 saturated carbocycles. The highest BCUT2D eigenvalue weighted by Gasteiger charge is 2.14. The van der Waals surface area contributed by atoms with E-state index in [2.05, 4.69) is 10.3 Å². The van der Waals surface area contributed by atoms with Crippen molar-refractivity contribution in [2.75, 3.05) is 18.5 Å². The molecule has 0 spiro atoms. The normalized spacial score (nSPS) is 14.6. The zero-order valence-electron chi connectivity index (χ0n) is 7.86. The zero-order chi connectivity index (χ0) is 9.97. The lowest BCUT2D eigenvalue weighted by molar-refractivity contribution is 0.273. The second-order valence-electron chi connectivity index (χ2n) is 3.32. The van der Waals surface area contributed by atoms with Gasteiger partial charge in [-0.05, 0) is 12.8 Å². The van der Waals surface area contributed by atoms with Gasteiger partial charge in [0, 0.05) is 6.54 Å². The van der Waals surface area contributed by atoms with Crippen LogP contribution in [-0.2, 0) is 13.0 Å². The number of aliphatic hydroxyl groups is 1. The minimum Gasteiger partial charge on any atom is -0.395 e. The van der Waals surface area contributed by atoms with Crippen molar-refractivity contribution < 1.29 is 5.11 Å². The molecule has 0 bridgehead atoms. The maximum absolute atomic E-state index is 11.8. The molecule has 14 heavy (non-hydrogen) atoms. The number of nitrogens with zero attached hydrogens (tertiary/aromatic N) is 2. The van der Waals surface area contributed by atoms with Gasteiger partial charge in [-0.2, -0.15) is 0 Å². The Morgan fingerprint density at radius 3 is 3.29 bits per heavy atom. The van der Waals surface area contributed by atoms with Gasteiger partial charge in [-0.25, -0.2) is 4.98 Å². The van der Waals surface area contributed by atoms with Gasteiger partial charge in [0.2, 0.25) is 0 Å². The van der Waals surface area contributed by atoms with Crippen molar-refractivity contribution in [3.63, 3.8) is 0 Å². The van der Waals surface area contributed by atoms with E-state index in [9.17, 15) is 4.79 Å². The fourth-order valence-electron chi connectivity index (χ4n) is 1.65. The molecule has 1 aromatic rings. The molecule has 2 heterocycles. The summed E-state index contributed by atoms with van der Waals surface area (Å²) in [7, 11) is 0. The Morgan fingerprint density at radius 1 is 1.64 bits per heavy atom.